The lowest BCUT2D eigenvalue weighted by Crippen LogP contribution is -2.28. The zero-order valence-electron chi connectivity index (χ0n) is 7.57. The smallest absolute Gasteiger partial charge is 0.196 e. The zero-order valence-corrected chi connectivity index (χ0v) is 7.57. The summed E-state index contributed by atoms with van der Waals surface area (Å²) in [6, 6.07) is 3.26. The van der Waals surface area contributed by atoms with Gasteiger partial charge in [0.15, 0.2) is 17.9 Å². The minimum atomic E-state index is -0.152. The van der Waals surface area contributed by atoms with Crippen LogP contribution in [-0.2, 0) is 0 Å². The van der Waals surface area contributed by atoms with Gasteiger partial charge in [0.05, 0.1) is 6.54 Å². The largest absolute Gasteiger partial charge is 0.438 e. The second-order valence-corrected chi connectivity index (χ2v) is 3.16. The third-order valence-corrected chi connectivity index (χ3v) is 2.15. The van der Waals surface area contributed by atoms with Crippen LogP contribution >= 0.6 is 0 Å². The Kier molecular flexibility index (Phi) is 2.35. The van der Waals surface area contributed by atoms with E-state index in [4.69, 9.17) is 4.42 Å². The molecule has 1 aromatic heterocycles. The molecule has 0 amide bonds. The average molecular weight is 195 g/mol. The van der Waals surface area contributed by atoms with Crippen molar-refractivity contribution in [3.05, 3.63) is 29.8 Å². The van der Waals surface area contributed by atoms with Crippen molar-refractivity contribution < 1.29 is 13.6 Å². The van der Waals surface area contributed by atoms with Crippen LogP contribution in [-0.4, -0.2) is 19.4 Å². The Morgan fingerprint density at radius 2 is 2.36 bits per heavy atom. The number of nitrogens with zero attached hydrogens (tertiary/aromatic N) is 1. The Morgan fingerprint density at radius 3 is 3.00 bits per heavy atom. The molecule has 74 valence electrons. The molecule has 1 aliphatic rings. The molecule has 3 nitrogen and oxygen atoms in total. The van der Waals surface area contributed by atoms with E-state index in [1.165, 1.54) is 0 Å². The summed E-state index contributed by atoms with van der Waals surface area (Å²) >= 11 is 0. The molecule has 14 heavy (non-hydrogen) atoms. The predicted molar refractivity (Wildman–Crippen MR) is 50.1 cm³/mol. The van der Waals surface area contributed by atoms with E-state index in [9.17, 15) is 9.18 Å². The molecule has 0 spiro atoms. The Morgan fingerprint density at radius 1 is 1.50 bits per heavy atom. The lowest BCUT2D eigenvalue weighted by molar-refractivity contribution is 0.110. The van der Waals surface area contributed by atoms with E-state index >= 15 is 0 Å². The number of hydrogen-bond acceptors (Lipinski definition) is 3. The first-order valence-corrected chi connectivity index (χ1v) is 4.44. The topological polar surface area (TPSA) is 33.5 Å². The van der Waals surface area contributed by atoms with Gasteiger partial charge in [-0.15, -0.1) is 0 Å². The van der Waals surface area contributed by atoms with E-state index in [0.29, 0.717) is 18.6 Å². The maximum atomic E-state index is 12.9. The van der Waals surface area contributed by atoms with Crippen LogP contribution in [0.2, 0.25) is 0 Å². The van der Waals surface area contributed by atoms with Gasteiger partial charge in [-0.05, 0) is 18.6 Å². The van der Waals surface area contributed by atoms with Gasteiger partial charge in [-0.3, -0.25) is 4.79 Å². The quantitative estimate of drug-likeness (QED) is 0.678. The van der Waals surface area contributed by atoms with Crippen LogP contribution in [0, 0.1) is 0 Å². The molecule has 0 N–H and O–H groups in total. The van der Waals surface area contributed by atoms with Gasteiger partial charge in [0.2, 0.25) is 0 Å². The van der Waals surface area contributed by atoms with Gasteiger partial charge >= 0.3 is 0 Å². The summed E-state index contributed by atoms with van der Waals surface area (Å²) in [5.74, 6) is 0.672. The summed E-state index contributed by atoms with van der Waals surface area (Å²) in [4.78, 5) is 12.1. The van der Waals surface area contributed by atoms with Crippen molar-refractivity contribution in [3.8, 4) is 0 Å². The monoisotopic (exact) mass is 195 g/mol. The van der Waals surface area contributed by atoms with Crippen LogP contribution in [0.25, 0.3) is 0 Å². The Bertz CT molecular complexity index is 370. The Balaban J connectivity index is 2.15. The summed E-state index contributed by atoms with van der Waals surface area (Å²) in [5.41, 5.74) is 0. The molecule has 0 radical (unpaired) electrons. The Labute approximate surface area is 80.8 Å². The molecule has 0 aromatic carbocycles. The third kappa shape index (κ3) is 1.69. The zero-order chi connectivity index (χ0) is 9.97. The van der Waals surface area contributed by atoms with Gasteiger partial charge in [0, 0.05) is 12.6 Å². The van der Waals surface area contributed by atoms with Gasteiger partial charge < -0.3 is 9.32 Å². The summed E-state index contributed by atoms with van der Waals surface area (Å²) < 4.78 is 18.1. The van der Waals surface area contributed by atoms with Crippen LogP contribution in [0.4, 0.5) is 10.3 Å². The molecule has 2 heterocycles. The third-order valence-electron chi connectivity index (χ3n) is 2.15. The first-order chi connectivity index (χ1) is 6.79. The summed E-state index contributed by atoms with van der Waals surface area (Å²) in [7, 11) is 0. The number of furan rings is 1. The number of aldehydes is 1. The molecule has 0 fully saturated rings. The average Bonchev–Trinajstić information content (AvgIpc) is 2.66. The number of hydrogen-bond donors (Lipinski definition) is 0. The number of carbonyl (C=O) groups excluding carboxylic acids is 1. The number of halogens is 1. The maximum absolute atomic E-state index is 12.9. The highest BCUT2D eigenvalue weighted by molar-refractivity contribution is 5.71. The number of anilines is 1. The molecule has 0 bridgehead atoms. The Hall–Kier alpha value is -1.58. The first kappa shape index (κ1) is 8.99. The van der Waals surface area contributed by atoms with Gasteiger partial charge in [0.1, 0.15) is 5.83 Å². The van der Waals surface area contributed by atoms with Crippen molar-refractivity contribution >= 4 is 12.2 Å². The van der Waals surface area contributed by atoms with Crippen LogP contribution in [0.1, 0.15) is 17.0 Å². The van der Waals surface area contributed by atoms with E-state index in [1.807, 2.05) is 0 Å². The first-order valence-electron chi connectivity index (χ1n) is 4.44. The molecular formula is C10H10FNO2. The van der Waals surface area contributed by atoms with E-state index in [-0.39, 0.29) is 18.1 Å². The second kappa shape index (κ2) is 3.65. The molecule has 0 unspecified atom stereocenters. The van der Waals surface area contributed by atoms with Crippen LogP contribution in [0.15, 0.2) is 28.5 Å². The molecule has 0 saturated carbocycles. The minimum absolute atomic E-state index is 0.152. The number of rotatable bonds is 2. The van der Waals surface area contributed by atoms with Crippen molar-refractivity contribution in [1.82, 2.24) is 0 Å². The molecule has 1 aliphatic heterocycles. The molecule has 4 heteroatoms. The summed E-state index contributed by atoms with van der Waals surface area (Å²) in [6.45, 7) is 0.949. The van der Waals surface area contributed by atoms with E-state index < -0.39 is 0 Å². The molecular weight excluding hydrogens is 185 g/mol. The van der Waals surface area contributed by atoms with Crippen molar-refractivity contribution in [1.29, 1.82) is 0 Å². The molecule has 2 rings (SSSR count). The SMILES string of the molecule is O=Cc1ccc(N2CCC=C(F)C2)o1. The number of carbonyl (C=O) groups is 1. The predicted octanol–water partition coefficient (Wildman–Crippen LogP) is 2.16. The lowest BCUT2D eigenvalue weighted by atomic mass is 10.2. The van der Waals surface area contributed by atoms with Gasteiger partial charge in [-0.25, -0.2) is 4.39 Å². The highest BCUT2D eigenvalue weighted by Gasteiger charge is 2.15. The fourth-order valence-electron chi connectivity index (χ4n) is 1.47. The minimum Gasteiger partial charge on any atom is -0.438 e. The highest BCUT2D eigenvalue weighted by atomic mass is 19.1. The van der Waals surface area contributed by atoms with E-state index in [0.717, 1.165) is 6.54 Å². The van der Waals surface area contributed by atoms with Gasteiger partial charge in [-0.2, -0.15) is 0 Å². The molecule has 0 aliphatic carbocycles. The standard InChI is InChI=1S/C10H10FNO2/c11-8-2-1-5-12(6-8)10-4-3-9(7-13)14-10/h2-4,7H,1,5-6H2. The van der Waals surface area contributed by atoms with Gasteiger partial charge in [0.25, 0.3) is 0 Å². The van der Waals surface area contributed by atoms with Crippen molar-refractivity contribution in [2.24, 2.45) is 0 Å². The van der Waals surface area contributed by atoms with Crippen LogP contribution < -0.4 is 4.90 Å². The molecule has 0 saturated heterocycles. The van der Waals surface area contributed by atoms with Crippen LogP contribution in [0.3, 0.4) is 0 Å². The normalized spacial score (nSPS) is 16.6. The van der Waals surface area contributed by atoms with Crippen LogP contribution in [0.5, 0.6) is 0 Å². The fourth-order valence-corrected chi connectivity index (χ4v) is 1.47. The van der Waals surface area contributed by atoms with E-state index in [2.05, 4.69) is 0 Å². The van der Waals surface area contributed by atoms with Crippen molar-refractivity contribution in [2.75, 3.05) is 18.0 Å². The maximum Gasteiger partial charge on any atom is 0.196 e. The molecule has 1 aromatic rings. The summed E-state index contributed by atoms with van der Waals surface area (Å²) in [6.07, 6.45) is 2.88. The summed E-state index contributed by atoms with van der Waals surface area (Å²) in [5, 5.41) is 0. The second-order valence-electron chi connectivity index (χ2n) is 3.16. The molecule has 0 atom stereocenters. The fraction of sp³-hybridized carbons (Fsp3) is 0.300. The van der Waals surface area contributed by atoms with Gasteiger partial charge in [-0.1, -0.05) is 0 Å². The highest BCUT2D eigenvalue weighted by Crippen LogP contribution is 2.22. The van der Waals surface area contributed by atoms with Crippen molar-refractivity contribution in [2.45, 2.75) is 6.42 Å². The van der Waals surface area contributed by atoms with E-state index in [1.54, 1.807) is 23.1 Å². The lowest BCUT2D eigenvalue weighted by Gasteiger charge is -2.23. The van der Waals surface area contributed by atoms with Crippen molar-refractivity contribution in [3.63, 3.8) is 0 Å².